The number of aliphatic carboxylic acids is 2. The summed E-state index contributed by atoms with van der Waals surface area (Å²) in [4.78, 5) is 18.6. The Morgan fingerprint density at radius 2 is 0.875 bits per heavy atom. The zero-order valence-electron chi connectivity index (χ0n) is 10.1. The molecule has 13 heteroatoms. The molecule has 0 bridgehead atoms. The van der Waals surface area contributed by atoms with Crippen LogP contribution in [0.15, 0.2) is 0 Å². The number of carbonyl (C=O) groups is 2. The first-order valence-electron chi connectivity index (χ1n) is 2.23. The minimum atomic E-state index is -2.92. The van der Waals surface area contributed by atoms with E-state index in [1.807, 2.05) is 0 Å². The Hall–Kier alpha value is 1.87. The van der Waals surface area contributed by atoms with Crippen molar-refractivity contribution in [2.24, 2.45) is 0 Å². The predicted octanol–water partition coefficient (Wildman–Crippen LogP) is -22.1. The smallest absolute Gasteiger partial charge is 0.907 e. The number of hydrogen-bond donors (Lipinski definition) is 0. The summed E-state index contributed by atoms with van der Waals surface area (Å²) >= 11 is 0. The number of carbonyl (C=O) groups excluding carboxylic acids is 2. The molecule has 0 N–H and O–H groups in total. The van der Waals surface area contributed by atoms with Gasteiger partial charge in [0.2, 0.25) is 0 Å². The van der Waals surface area contributed by atoms with Crippen LogP contribution in [0.1, 0.15) is 6.42 Å². The van der Waals surface area contributed by atoms with Crippen LogP contribution in [-0.4, -0.2) is 19.3 Å². The molecule has 0 radical (unpaired) electrons. The molecular formula is C3H2BLi5O7. The summed E-state index contributed by atoms with van der Waals surface area (Å²) in [5.74, 6) is -3.25. The van der Waals surface area contributed by atoms with Gasteiger partial charge in [-0.3, -0.25) is 7.32 Å². The van der Waals surface area contributed by atoms with Gasteiger partial charge < -0.3 is 34.9 Å². The van der Waals surface area contributed by atoms with Crippen molar-refractivity contribution in [2.75, 3.05) is 0 Å². The molecular weight excluding hydrogens is 194 g/mol. The Balaban J connectivity index is -0.0000000165. The second-order valence-corrected chi connectivity index (χ2v) is 1.21. The second kappa shape index (κ2) is 30.2. The molecule has 16 heavy (non-hydrogen) atoms. The molecule has 0 aliphatic rings. The molecule has 0 spiro atoms. The minimum Gasteiger partial charge on any atom is -0.907 e. The summed E-state index contributed by atoms with van der Waals surface area (Å²) in [6.45, 7) is 0. The number of hydrogen-bond acceptors (Lipinski definition) is 7. The molecule has 0 saturated carbocycles. The van der Waals surface area contributed by atoms with Gasteiger partial charge in [0.25, 0.3) is 0 Å². The zero-order chi connectivity index (χ0) is 9.44. The molecule has 0 fully saturated rings. The molecule has 0 amide bonds. The molecule has 0 atom stereocenters. The van der Waals surface area contributed by atoms with Crippen LogP contribution in [-0.2, 0) is 9.59 Å². The van der Waals surface area contributed by atoms with E-state index < -0.39 is 25.7 Å². The maximum Gasteiger partial charge on any atom is 1.00 e. The molecule has 0 saturated heterocycles. The van der Waals surface area contributed by atoms with E-state index in [0.717, 1.165) is 0 Å². The van der Waals surface area contributed by atoms with Crippen molar-refractivity contribution in [3.8, 4) is 0 Å². The third-order valence-electron chi connectivity index (χ3n) is 0.289. The Bertz CT molecular complexity index is 131. The van der Waals surface area contributed by atoms with Crippen molar-refractivity contribution in [1.29, 1.82) is 0 Å². The zero-order valence-corrected chi connectivity index (χ0v) is 10.1. The van der Waals surface area contributed by atoms with Gasteiger partial charge in [-0.05, 0) is 0 Å². The van der Waals surface area contributed by atoms with Gasteiger partial charge in [0.1, 0.15) is 0 Å². The minimum absolute atomic E-state index is 0. The predicted molar refractivity (Wildman–Crippen MR) is 20.4 cm³/mol. The number of rotatable bonds is 2. The van der Waals surface area contributed by atoms with Gasteiger partial charge in [-0.15, -0.1) is 0 Å². The normalized spacial score (nSPS) is 5.19. The van der Waals surface area contributed by atoms with Crippen LogP contribution in [0.25, 0.3) is 0 Å². The van der Waals surface area contributed by atoms with Crippen LogP contribution in [0.2, 0.25) is 0 Å². The van der Waals surface area contributed by atoms with E-state index in [1.165, 1.54) is 0 Å². The average Bonchev–Trinajstić information content (AvgIpc) is 1.56. The van der Waals surface area contributed by atoms with E-state index in [4.69, 9.17) is 15.1 Å². The Kier molecular flexibility index (Phi) is 81.1. The average molecular weight is 196 g/mol. The SMILES string of the molecule is O=C([O-])CC(=O)[O-].[Li+].[Li+].[Li+].[Li+].[Li+].[O-]B([O-])[O-]. The van der Waals surface area contributed by atoms with Gasteiger partial charge >= 0.3 is 94.3 Å². The first-order valence-corrected chi connectivity index (χ1v) is 2.23. The van der Waals surface area contributed by atoms with Crippen LogP contribution in [0, 0.1) is 0 Å². The van der Waals surface area contributed by atoms with Crippen molar-refractivity contribution >= 4 is 19.3 Å². The van der Waals surface area contributed by atoms with E-state index in [-0.39, 0.29) is 94.3 Å². The van der Waals surface area contributed by atoms with Crippen molar-refractivity contribution in [3.63, 3.8) is 0 Å². The molecule has 0 unspecified atom stereocenters. The Morgan fingerprint density at radius 1 is 0.750 bits per heavy atom. The van der Waals surface area contributed by atoms with E-state index in [1.54, 1.807) is 0 Å². The van der Waals surface area contributed by atoms with Crippen molar-refractivity contribution in [2.45, 2.75) is 6.42 Å². The third-order valence-corrected chi connectivity index (χ3v) is 0.289. The van der Waals surface area contributed by atoms with Gasteiger partial charge in [0.05, 0.1) is 0 Å². The summed E-state index contributed by atoms with van der Waals surface area (Å²) in [6, 6.07) is 0. The van der Waals surface area contributed by atoms with Crippen molar-refractivity contribution in [3.05, 3.63) is 0 Å². The molecule has 0 rings (SSSR count). The molecule has 0 aromatic carbocycles. The van der Waals surface area contributed by atoms with Gasteiger partial charge in [0, 0.05) is 18.4 Å². The molecule has 64 valence electrons. The molecule has 0 heterocycles. The van der Waals surface area contributed by atoms with Crippen LogP contribution in [0.4, 0.5) is 0 Å². The third kappa shape index (κ3) is 102. The topological polar surface area (TPSA) is 149 Å². The summed E-state index contributed by atoms with van der Waals surface area (Å²) in [5, 5.41) is 43.8. The monoisotopic (exact) mass is 196 g/mol. The molecule has 7 nitrogen and oxygen atoms in total. The maximum absolute atomic E-state index is 9.28. The fraction of sp³-hybridized carbons (Fsp3) is 0.333. The van der Waals surface area contributed by atoms with Gasteiger partial charge in [-0.2, -0.15) is 0 Å². The van der Waals surface area contributed by atoms with Gasteiger partial charge in [-0.25, -0.2) is 0 Å². The quantitative estimate of drug-likeness (QED) is 0.313. The van der Waals surface area contributed by atoms with Crippen molar-refractivity contribution in [1.82, 2.24) is 0 Å². The molecule has 0 aromatic heterocycles. The summed E-state index contributed by atoms with van der Waals surface area (Å²) in [7, 11) is -2.92. The molecule has 0 aliphatic heterocycles. The van der Waals surface area contributed by atoms with Crippen LogP contribution >= 0.6 is 0 Å². The summed E-state index contributed by atoms with van der Waals surface area (Å²) < 4.78 is 0. The first-order chi connectivity index (χ1) is 4.86. The first kappa shape index (κ1) is 43.0. The van der Waals surface area contributed by atoms with Gasteiger partial charge in [-0.1, -0.05) is 0 Å². The summed E-state index contributed by atoms with van der Waals surface area (Å²) in [6.07, 6.45) is -1.03. The standard InChI is InChI=1S/C3H4O4.BO3.5Li/c4-2(5)1-3(6)7;2-1(3)4;;;;;/h1H2,(H,4,5)(H,6,7);;;;;;/q;-3;5*+1/p-2. The van der Waals surface area contributed by atoms with E-state index in [0.29, 0.717) is 0 Å². The Morgan fingerprint density at radius 3 is 0.875 bits per heavy atom. The molecule has 0 aliphatic carbocycles. The second-order valence-electron chi connectivity index (χ2n) is 1.21. The summed E-state index contributed by atoms with van der Waals surface area (Å²) in [5.41, 5.74) is 0. The largest absolute Gasteiger partial charge is 1.00 e. The molecule has 0 aromatic rings. The maximum atomic E-state index is 9.28. The fourth-order valence-corrected chi connectivity index (χ4v) is 0.118. The number of carboxylic acid groups (broad SMARTS) is 2. The van der Waals surface area contributed by atoms with Crippen LogP contribution in [0.3, 0.4) is 0 Å². The number of carboxylic acids is 2. The van der Waals surface area contributed by atoms with E-state index >= 15 is 0 Å². The van der Waals surface area contributed by atoms with Crippen LogP contribution in [0.5, 0.6) is 0 Å². The van der Waals surface area contributed by atoms with Crippen molar-refractivity contribution < 1.29 is 129 Å². The fourth-order valence-electron chi connectivity index (χ4n) is 0.118. The van der Waals surface area contributed by atoms with Gasteiger partial charge in [0.15, 0.2) is 0 Å². The Labute approximate surface area is 153 Å². The van der Waals surface area contributed by atoms with E-state index in [9.17, 15) is 19.8 Å². The van der Waals surface area contributed by atoms with Crippen LogP contribution < -0.4 is 120 Å². The van der Waals surface area contributed by atoms with E-state index in [2.05, 4.69) is 0 Å².